The summed E-state index contributed by atoms with van der Waals surface area (Å²) in [5.41, 5.74) is 1.61. The molecule has 32 heavy (non-hydrogen) atoms. The second kappa shape index (κ2) is 10.3. The lowest BCUT2D eigenvalue weighted by Crippen LogP contribution is -2.38. The fourth-order valence-corrected chi connectivity index (χ4v) is 4.67. The number of amides is 1. The average Bonchev–Trinajstić information content (AvgIpc) is 2.77. The van der Waals surface area contributed by atoms with Gasteiger partial charge in [0.1, 0.15) is 18.9 Å². The van der Waals surface area contributed by atoms with E-state index in [0.717, 1.165) is 9.87 Å². The minimum atomic E-state index is -4.05. The summed E-state index contributed by atoms with van der Waals surface area (Å²) < 4.78 is 33.3. The van der Waals surface area contributed by atoms with Crippen molar-refractivity contribution in [3.05, 3.63) is 96.0 Å². The van der Waals surface area contributed by atoms with Gasteiger partial charge in [-0.2, -0.15) is 0 Å². The molecule has 3 aromatic rings. The van der Waals surface area contributed by atoms with Crippen LogP contribution in [0.3, 0.4) is 0 Å². The standard InChI is InChI=1S/C24H23ClN2O4S/c1-3-15-31-20-8-6-7-19(16-20)26-24(28)17-27(23-10-5-4-9-22(23)25)32(29,30)21-13-11-18(2)12-14-21/h3-14,16H,1,15,17H2,2H3,(H,26,28). The Kier molecular flexibility index (Phi) is 7.56. The SMILES string of the molecule is C=CCOc1cccc(NC(=O)CN(c2ccccc2Cl)S(=O)(=O)c2ccc(C)cc2)c1. The number of nitrogens with one attached hydrogen (secondary N) is 1. The van der Waals surface area contributed by atoms with Crippen LogP contribution in [0.5, 0.6) is 5.75 Å². The first-order valence-electron chi connectivity index (χ1n) is 9.79. The van der Waals surface area contributed by atoms with Crippen LogP contribution in [0.2, 0.25) is 5.02 Å². The molecular formula is C24H23ClN2O4S. The molecule has 8 heteroatoms. The Morgan fingerprint density at radius 3 is 2.50 bits per heavy atom. The van der Waals surface area contributed by atoms with Crippen molar-refractivity contribution in [3.63, 3.8) is 0 Å². The molecule has 1 amide bonds. The molecule has 1 N–H and O–H groups in total. The van der Waals surface area contributed by atoms with Crippen molar-refractivity contribution in [2.75, 3.05) is 22.8 Å². The van der Waals surface area contributed by atoms with Crippen molar-refractivity contribution in [2.24, 2.45) is 0 Å². The molecule has 0 aliphatic carbocycles. The quantitative estimate of drug-likeness (QED) is 0.444. The van der Waals surface area contributed by atoms with Gasteiger partial charge in [-0.25, -0.2) is 8.42 Å². The molecule has 0 saturated carbocycles. The van der Waals surface area contributed by atoms with Crippen LogP contribution in [0, 0.1) is 6.92 Å². The Bertz CT molecular complexity index is 1210. The van der Waals surface area contributed by atoms with Gasteiger partial charge in [0.2, 0.25) is 5.91 Å². The fourth-order valence-electron chi connectivity index (χ4n) is 2.94. The molecule has 0 aromatic heterocycles. The smallest absolute Gasteiger partial charge is 0.264 e. The van der Waals surface area contributed by atoms with Gasteiger partial charge in [0, 0.05) is 11.8 Å². The van der Waals surface area contributed by atoms with E-state index in [9.17, 15) is 13.2 Å². The maximum atomic E-state index is 13.4. The molecule has 6 nitrogen and oxygen atoms in total. The van der Waals surface area contributed by atoms with Gasteiger partial charge in [-0.05, 0) is 43.3 Å². The number of benzene rings is 3. The van der Waals surface area contributed by atoms with Gasteiger partial charge in [0.25, 0.3) is 10.0 Å². The van der Waals surface area contributed by atoms with E-state index in [4.69, 9.17) is 16.3 Å². The molecule has 0 unspecified atom stereocenters. The van der Waals surface area contributed by atoms with Crippen molar-refractivity contribution in [2.45, 2.75) is 11.8 Å². The zero-order valence-corrected chi connectivity index (χ0v) is 19.1. The Morgan fingerprint density at radius 2 is 1.81 bits per heavy atom. The van der Waals surface area contributed by atoms with Gasteiger partial charge >= 0.3 is 0 Å². The molecule has 0 aliphatic heterocycles. The first-order chi connectivity index (χ1) is 15.3. The maximum Gasteiger partial charge on any atom is 0.264 e. The number of hydrogen-bond donors (Lipinski definition) is 1. The summed E-state index contributed by atoms with van der Waals surface area (Å²) in [7, 11) is -4.05. The van der Waals surface area contributed by atoms with Crippen LogP contribution in [0.1, 0.15) is 5.56 Å². The van der Waals surface area contributed by atoms with Crippen LogP contribution in [0.4, 0.5) is 11.4 Å². The van der Waals surface area contributed by atoms with Crippen molar-refractivity contribution in [1.29, 1.82) is 0 Å². The summed E-state index contributed by atoms with van der Waals surface area (Å²) >= 11 is 6.29. The fraction of sp³-hybridized carbons (Fsp3) is 0.125. The Morgan fingerprint density at radius 1 is 1.09 bits per heavy atom. The van der Waals surface area contributed by atoms with Crippen LogP contribution < -0.4 is 14.4 Å². The van der Waals surface area contributed by atoms with E-state index in [1.165, 1.54) is 12.1 Å². The lowest BCUT2D eigenvalue weighted by atomic mass is 10.2. The summed E-state index contributed by atoms with van der Waals surface area (Å²) in [6.07, 6.45) is 1.61. The Labute approximate surface area is 193 Å². The van der Waals surface area contributed by atoms with E-state index in [1.54, 1.807) is 66.7 Å². The van der Waals surface area contributed by atoms with E-state index in [1.807, 2.05) is 6.92 Å². The van der Waals surface area contributed by atoms with E-state index in [2.05, 4.69) is 11.9 Å². The maximum absolute atomic E-state index is 13.4. The predicted molar refractivity (Wildman–Crippen MR) is 128 cm³/mol. The first kappa shape index (κ1) is 23.4. The van der Waals surface area contributed by atoms with Crippen LogP contribution in [-0.4, -0.2) is 27.5 Å². The van der Waals surface area contributed by atoms with Crippen molar-refractivity contribution < 1.29 is 17.9 Å². The number of anilines is 2. The molecule has 166 valence electrons. The van der Waals surface area contributed by atoms with E-state index in [0.29, 0.717) is 18.0 Å². The number of carbonyl (C=O) groups is 1. The highest BCUT2D eigenvalue weighted by Crippen LogP contribution is 2.30. The minimum absolute atomic E-state index is 0.0654. The van der Waals surface area contributed by atoms with Crippen molar-refractivity contribution in [1.82, 2.24) is 0 Å². The van der Waals surface area contributed by atoms with Crippen LogP contribution >= 0.6 is 11.6 Å². The van der Waals surface area contributed by atoms with Crippen LogP contribution in [0.15, 0.2) is 90.3 Å². The third-order valence-electron chi connectivity index (χ3n) is 4.50. The highest BCUT2D eigenvalue weighted by molar-refractivity contribution is 7.92. The Hall–Kier alpha value is -3.29. The third-order valence-corrected chi connectivity index (χ3v) is 6.60. The second-order valence-electron chi connectivity index (χ2n) is 6.95. The van der Waals surface area contributed by atoms with Gasteiger partial charge < -0.3 is 10.1 Å². The zero-order valence-electron chi connectivity index (χ0n) is 17.5. The number of ether oxygens (including phenoxy) is 1. The normalized spacial score (nSPS) is 10.9. The van der Waals surface area contributed by atoms with E-state index >= 15 is 0 Å². The van der Waals surface area contributed by atoms with Gasteiger partial charge in [-0.3, -0.25) is 9.10 Å². The highest BCUT2D eigenvalue weighted by atomic mass is 35.5. The van der Waals surface area contributed by atoms with Crippen LogP contribution in [-0.2, 0) is 14.8 Å². The number of hydrogen-bond acceptors (Lipinski definition) is 4. The molecular weight excluding hydrogens is 448 g/mol. The van der Waals surface area contributed by atoms with Gasteiger partial charge in [-0.15, -0.1) is 0 Å². The number of rotatable bonds is 9. The predicted octanol–water partition coefficient (Wildman–Crippen LogP) is 5.05. The molecule has 3 aromatic carbocycles. The largest absolute Gasteiger partial charge is 0.489 e. The zero-order chi connectivity index (χ0) is 23.1. The number of para-hydroxylation sites is 1. The monoisotopic (exact) mass is 470 g/mol. The molecule has 0 bridgehead atoms. The second-order valence-corrected chi connectivity index (χ2v) is 9.22. The number of carbonyl (C=O) groups excluding carboxylic acids is 1. The number of halogens is 1. The molecule has 0 radical (unpaired) electrons. The Balaban J connectivity index is 1.90. The minimum Gasteiger partial charge on any atom is -0.489 e. The number of nitrogens with zero attached hydrogens (tertiary/aromatic N) is 1. The molecule has 0 atom stereocenters. The van der Waals surface area contributed by atoms with E-state index in [-0.39, 0.29) is 15.6 Å². The first-order valence-corrected chi connectivity index (χ1v) is 11.6. The molecule has 0 spiro atoms. The average molecular weight is 471 g/mol. The lowest BCUT2D eigenvalue weighted by molar-refractivity contribution is -0.114. The highest BCUT2D eigenvalue weighted by Gasteiger charge is 2.28. The summed E-state index contributed by atoms with van der Waals surface area (Å²) in [6.45, 7) is 5.33. The van der Waals surface area contributed by atoms with Gasteiger partial charge in [-0.1, -0.05) is 60.2 Å². The summed E-state index contributed by atoms with van der Waals surface area (Å²) in [5, 5.41) is 2.94. The number of aryl methyl sites for hydroxylation is 1. The van der Waals surface area contributed by atoms with Gasteiger partial charge in [0.05, 0.1) is 15.6 Å². The summed E-state index contributed by atoms with van der Waals surface area (Å²) in [6, 6.07) is 19.7. The molecule has 0 saturated heterocycles. The number of sulfonamides is 1. The lowest BCUT2D eigenvalue weighted by Gasteiger charge is -2.25. The topological polar surface area (TPSA) is 75.7 Å². The van der Waals surface area contributed by atoms with Gasteiger partial charge in [0.15, 0.2) is 0 Å². The molecule has 0 heterocycles. The third kappa shape index (κ3) is 5.69. The molecule has 0 aliphatic rings. The summed E-state index contributed by atoms with van der Waals surface area (Å²) in [4.78, 5) is 12.9. The molecule has 0 fully saturated rings. The van der Waals surface area contributed by atoms with Crippen molar-refractivity contribution in [3.8, 4) is 5.75 Å². The van der Waals surface area contributed by atoms with Crippen molar-refractivity contribution >= 4 is 38.9 Å². The van der Waals surface area contributed by atoms with E-state index < -0.39 is 22.5 Å². The molecule has 3 rings (SSSR count). The summed E-state index contributed by atoms with van der Waals surface area (Å²) in [5.74, 6) is 0.0272. The van der Waals surface area contributed by atoms with Crippen LogP contribution in [0.25, 0.3) is 0 Å².